The smallest absolute Gasteiger partial charge is 0.265 e. The Kier molecular flexibility index (Phi) is 6.22. The molecule has 9 nitrogen and oxygen atoms in total. The van der Waals surface area contributed by atoms with E-state index in [1.165, 1.54) is 33.5 Å². The van der Waals surface area contributed by atoms with Gasteiger partial charge in [0.05, 0.1) is 33.4 Å². The van der Waals surface area contributed by atoms with Crippen LogP contribution in [0.1, 0.15) is 22.3 Å². The molecular formula is C21H23N3O6. The summed E-state index contributed by atoms with van der Waals surface area (Å²) in [5, 5.41) is 0. The second-order valence-electron chi connectivity index (χ2n) is 6.68. The van der Waals surface area contributed by atoms with Crippen LogP contribution in [0.3, 0.4) is 0 Å². The average molecular weight is 413 g/mol. The summed E-state index contributed by atoms with van der Waals surface area (Å²) in [7, 11) is 4.35. The van der Waals surface area contributed by atoms with Gasteiger partial charge in [0.15, 0.2) is 11.5 Å². The fourth-order valence-electron chi connectivity index (χ4n) is 3.22. The number of hydrogen-bond donors (Lipinski definition) is 2. The Morgan fingerprint density at radius 2 is 1.70 bits per heavy atom. The SMILES string of the molecule is COc1cc(C(=O)NN[C@H]2CC(=O)N(c3cccc(C)c3)C2=O)cc(OC)c1OC. The van der Waals surface area contributed by atoms with Gasteiger partial charge < -0.3 is 14.2 Å². The molecule has 1 saturated heterocycles. The van der Waals surface area contributed by atoms with Crippen molar-refractivity contribution in [3.63, 3.8) is 0 Å². The molecule has 30 heavy (non-hydrogen) atoms. The molecule has 0 saturated carbocycles. The summed E-state index contributed by atoms with van der Waals surface area (Å²) >= 11 is 0. The molecule has 3 amide bonds. The van der Waals surface area contributed by atoms with Crippen molar-refractivity contribution >= 4 is 23.4 Å². The minimum absolute atomic E-state index is 0.0672. The zero-order valence-electron chi connectivity index (χ0n) is 17.1. The van der Waals surface area contributed by atoms with Gasteiger partial charge in [-0.2, -0.15) is 0 Å². The second-order valence-corrected chi connectivity index (χ2v) is 6.68. The third-order valence-electron chi connectivity index (χ3n) is 4.69. The summed E-state index contributed by atoms with van der Waals surface area (Å²) in [6.45, 7) is 1.88. The molecule has 1 aliphatic heterocycles. The van der Waals surface area contributed by atoms with Crippen molar-refractivity contribution < 1.29 is 28.6 Å². The van der Waals surface area contributed by atoms with E-state index in [0.29, 0.717) is 22.9 Å². The molecule has 1 atom stereocenters. The maximum Gasteiger partial charge on any atom is 0.265 e. The monoisotopic (exact) mass is 413 g/mol. The number of benzene rings is 2. The third-order valence-corrected chi connectivity index (χ3v) is 4.69. The maximum absolute atomic E-state index is 12.7. The number of methoxy groups -OCH3 is 3. The number of nitrogens with zero attached hydrogens (tertiary/aromatic N) is 1. The summed E-state index contributed by atoms with van der Waals surface area (Å²) in [4.78, 5) is 38.8. The van der Waals surface area contributed by atoms with Crippen LogP contribution in [0.2, 0.25) is 0 Å². The van der Waals surface area contributed by atoms with E-state index < -0.39 is 17.9 Å². The van der Waals surface area contributed by atoms with Crippen molar-refractivity contribution in [2.24, 2.45) is 0 Å². The summed E-state index contributed by atoms with van der Waals surface area (Å²) < 4.78 is 15.7. The first-order valence-corrected chi connectivity index (χ1v) is 9.19. The van der Waals surface area contributed by atoms with Gasteiger partial charge in [0.1, 0.15) is 6.04 Å². The maximum atomic E-state index is 12.7. The topological polar surface area (TPSA) is 106 Å². The average Bonchev–Trinajstić information content (AvgIpc) is 3.03. The molecule has 3 rings (SSSR count). The number of aryl methyl sites for hydroxylation is 1. The molecule has 0 aromatic heterocycles. The van der Waals surface area contributed by atoms with Gasteiger partial charge in [-0.15, -0.1) is 0 Å². The standard InChI is InChI=1S/C21H23N3O6/c1-12-6-5-7-14(8-12)24-18(25)11-15(21(24)27)22-23-20(26)13-9-16(28-2)19(30-4)17(10-13)29-3/h5-10,15,22H,11H2,1-4H3,(H,23,26)/t15-/m0/s1. The largest absolute Gasteiger partial charge is 0.493 e. The number of ether oxygens (including phenoxy) is 3. The fraction of sp³-hybridized carbons (Fsp3) is 0.286. The van der Waals surface area contributed by atoms with Crippen LogP contribution in [-0.2, 0) is 9.59 Å². The molecule has 0 spiro atoms. The van der Waals surface area contributed by atoms with E-state index in [-0.39, 0.29) is 17.9 Å². The van der Waals surface area contributed by atoms with Crippen molar-refractivity contribution in [2.45, 2.75) is 19.4 Å². The van der Waals surface area contributed by atoms with Crippen LogP contribution < -0.4 is 30.0 Å². The molecule has 0 aliphatic carbocycles. The Balaban J connectivity index is 1.72. The molecule has 1 heterocycles. The highest BCUT2D eigenvalue weighted by Gasteiger charge is 2.39. The summed E-state index contributed by atoms with van der Waals surface area (Å²) in [5.74, 6) is -0.307. The van der Waals surface area contributed by atoms with Crippen LogP contribution in [0, 0.1) is 6.92 Å². The van der Waals surface area contributed by atoms with Gasteiger partial charge in [-0.1, -0.05) is 12.1 Å². The normalized spacial score (nSPS) is 15.9. The first-order valence-electron chi connectivity index (χ1n) is 9.19. The number of amides is 3. The van der Waals surface area contributed by atoms with Crippen molar-refractivity contribution in [3.8, 4) is 17.2 Å². The first kappa shape index (κ1) is 21.1. The predicted molar refractivity (Wildman–Crippen MR) is 109 cm³/mol. The predicted octanol–water partition coefficient (Wildman–Crippen LogP) is 1.59. The lowest BCUT2D eigenvalue weighted by atomic mass is 10.1. The summed E-state index contributed by atoms with van der Waals surface area (Å²) in [5.41, 5.74) is 6.79. The summed E-state index contributed by atoms with van der Waals surface area (Å²) in [6, 6.07) is 9.20. The van der Waals surface area contributed by atoms with E-state index in [9.17, 15) is 14.4 Å². The van der Waals surface area contributed by atoms with Gasteiger partial charge in [-0.05, 0) is 36.8 Å². The third kappa shape index (κ3) is 4.06. The van der Waals surface area contributed by atoms with E-state index in [4.69, 9.17) is 14.2 Å². The van der Waals surface area contributed by atoms with Crippen LogP contribution in [0.25, 0.3) is 0 Å². The second kappa shape index (κ2) is 8.83. The zero-order chi connectivity index (χ0) is 21.8. The number of rotatable bonds is 7. The molecule has 2 aromatic rings. The lowest BCUT2D eigenvalue weighted by Crippen LogP contribution is -2.48. The molecule has 9 heteroatoms. The molecule has 2 aromatic carbocycles. The highest BCUT2D eigenvalue weighted by molar-refractivity contribution is 6.22. The van der Waals surface area contributed by atoms with Gasteiger partial charge >= 0.3 is 0 Å². The van der Waals surface area contributed by atoms with Crippen LogP contribution in [0.5, 0.6) is 17.2 Å². The quantitative estimate of drug-likeness (QED) is 0.524. The molecule has 0 unspecified atom stereocenters. The molecule has 1 fully saturated rings. The van der Waals surface area contributed by atoms with Crippen molar-refractivity contribution in [3.05, 3.63) is 47.5 Å². The molecular weight excluding hydrogens is 390 g/mol. The van der Waals surface area contributed by atoms with E-state index in [1.807, 2.05) is 13.0 Å². The van der Waals surface area contributed by atoms with Gasteiger partial charge in [0.25, 0.3) is 11.8 Å². The molecule has 0 bridgehead atoms. The van der Waals surface area contributed by atoms with E-state index >= 15 is 0 Å². The van der Waals surface area contributed by atoms with Crippen LogP contribution in [0.4, 0.5) is 5.69 Å². The summed E-state index contributed by atoms with van der Waals surface area (Å²) in [6.07, 6.45) is -0.0672. The van der Waals surface area contributed by atoms with Gasteiger partial charge in [0.2, 0.25) is 11.7 Å². The highest BCUT2D eigenvalue weighted by atomic mass is 16.5. The lowest BCUT2D eigenvalue weighted by Gasteiger charge is -2.17. The van der Waals surface area contributed by atoms with Crippen LogP contribution in [0.15, 0.2) is 36.4 Å². The zero-order valence-corrected chi connectivity index (χ0v) is 17.1. The van der Waals surface area contributed by atoms with E-state index in [1.54, 1.807) is 18.2 Å². The van der Waals surface area contributed by atoms with Crippen molar-refractivity contribution in [2.75, 3.05) is 26.2 Å². The number of carbonyl (C=O) groups excluding carboxylic acids is 3. The number of anilines is 1. The Morgan fingerprint density at radius 3 is 2.27 bits per heavy atom. The van der Waals surface area contributed by atoms with Gasteiger partial charge in [-0.25, -0.2) is 10.3 Å². The van der Waals surface area contributed by atoms with Crippen LogP contribution >= 0.6 is 0 Å². The van der Waals surface area contributed by atoms with Crippen LogP contribution in [-0.4, -0.2) is 45.1 Å². The van der Waals surface area contributed by atoms with Crippen molar-refractivity contribution in [1.82, 2.24) is 10.9 Å². The van der Waals surface area contributed by atoms with Gasteiger partial charge in [0, 0.05) is 5.56 Å². The Bertz CT molecular complexity index is 965. The number of carbonyl (C=O) groups is 3. The molecule has 2 N–H and O–H groups in total. The molecule has 0 radical (unpaired) electrons. The Morgan fingerprint density at radius 1 is 1.03 bits per heavy atom. The van der Waals surface area contributed by atoms with E-state index in [2.05, 4.69) is 10.9 Å². The van der Waals surface area contributed by atoms with Gasteiger partial charge in [-0.3, -0.25) is 19.8 Å². The number of imide groups is 1. The Labute approximate surface area is 173 Å². The first-order chi connectivity index (χ1) is 14.4. The lowest BCUT2D eigenvalue weighted by molar-refractivity contribution is -0.121. The minimum Gasteiger partial charge on any atom is -0.493 e. The number of nitrogens with one attached hydrogen (secondary N) is 2. The molecule has 158 valence electrons. The molecule has 1 aliphatic rings. The minimum atomic E-state index is -0.871. The van der Waals surface area contributed by atoms with Crippen molar-refractivity contribution in [1.29, 1.82) is 0 Å². The number of hydrazine groups is 1. The Hall–Kier alpha value is -3.59. The highest BCUT2D eigenvalue weighted by Crippen LogP contribution is 2.38. The number of hydrogen-bond acceptors (Lipinski definition) is 7. The van der Waals surface area contributed by atoms with E-state index in [0.717, 1.165) is 10.5 Å². The fourth-order valence-corrected chi connectivity index (χ4v) is 3.22.